The molecule has 28 heavy (non-hydrogen) atoms. The molecule has 0 amide bonds. The van der Waals surface area contributed by atoms with Gasteiger partial charge in [0.25, 0.3) is 0 Å². The number of halogens is 2. The second-order valence-corrected chi connectivity index (χ2v) is 6.87. The number of nitrogens with zero attached hydrogens (tertiary/aromatic N) is 4. The highest BCUT2D eigenvalue weighted by atomic mass is 35.5. The molecule has 1 atom stereocenters. The topological polar surface area (TPSA) is 88.1 Å². The van der Waals surface area contributed by atoms with E-state index in [0.717, 1.165) is 24.8 Å². The summed E-state index contributed by atoms with van der Waals surface area (Å²) in [6, 6.07) is 10.8. The Morgan fingerprint density at radius 3 is 2.86 bits per heavy atom. The first-order valence-corrected chi connectivity index (χ1v) is 9.37. The van der Waals surface area contributed by atoms with Crippen molar-refractivity contribution < 1.29 is 13.9 Å². The number of hydrogen-bond donors (Lipinski definition) is 1. The average molecular weight is 404 g/mol. The summed E-state index contributed by atoms with van der Waals surface area (Å²) in [6.07, 6.45) is 2.68. The molecule has 7 nitrogen and oxygen atoms in total. The van der Waals surface area contributed by atoms with Crippen LogP contribution in [0.1, 0.15) is 31.3 Å². The van der Waals surface area contributed by atoms with Crippen LogP contribution in [0.3, 0.4) is 0 Å². The molecule has 2 heterocycles. The van der Waals surface area contributed by atoms with Crippen LogP contribution in [0.25, 0.3) is 11.1 Å². The monoisotopic (exact) mass is 403 g/mol. The van der Waals surface area contributed by atoms with Crippen LogP contribution in [0.5, 0.6) is 5.75 Å². The molecule has 9 heteroatoms. The molecule has 146 valence electrons. The number of ether oxygens (including phenoxy) is 2. The van der Waals surface area contributed by atoms with E-state index in [9.17, 15) is 4.39 Å². The van der Waals surface area contributed by atoms with Gasteiger partial charge in [-0.1, -0.05) is 41.9 Å². The predicted octanol–water partition coefficient (Wildman–Crippen LogP) is 3.99. The van der Waals surface area contributed by atoms with Gasteiger partial charge in [-0.3, -0.25) is 0 Å². The number of hydrogen-bond acceptors (Lipinski definition) is 6. The molecule has 1 saturated heterocycles. The van der Waals surface area contributed by atoms with Gasteiger partial charge in [0.05, 0.1) is 10.7 Å². The highest BCUT2D eigenvalue weighted by Gasteiger charge is 2.21. The van der Waals surface area contributed by atoms with E-state index in [-0.39, 0.29) is 29.3 Å². The van der Waals surface area contributed by atoms with Gasteiger partial charge in [-0.05, 0) is 36.1 Å². The minimum Gasteiger partial charge on any atom is -0.481 e. The first-order chi connectivity index (χ1) is 13.6. The molecule has 0 aliphatic carbocycles. The first-order valence-electron chi connectivity index (χ1n) is 8.99. The molecular formula is C19H19ClFN5O2. The molecule has 1 aromatic heterocycles. The molecular weight excluding hydrogens is 385 g/mol. The number of nitrogen functional groups attached to an aromatic ring is 1. The number of tetrazole rings is 1. The van der Waals surface area contributed by atoms with Crippen LogP contribution in [0, 0.1) is 5.82 Å². The SMILES string of the molecule is Nc1c(-c2ccccc2)cc(Cl)c(OCc2nnn(C3CCCCO3)n2)c1F. The Morgan fingerprint density at radius 1 is 1.29 bits per heavy atom. The highest BCUT2D eigenvalue weighted by Crippen LogP contribution is 2.39. The van der Waals surface area contributed by atoms with Gasteiger partial charge < -0.3 is 15.2 Å². The summed E-state index contributed by atoms with van der Waals surface area (Å²) in [5.74, 6) is -0.547. The minimum absolute atomic E-state index is 0.0298. The van der Waals surface area contributed by atoms with Crippen LogP contribution < -0.4 is 10.5 Å². The van der Waals surface area contributed by atoms with E-state index in [2.05, 4.69) is 15.4 Å². The van der Waals surface area contributed by atoms with Gasteiger partial charge in [0.15, 0.2) is 24.4 Å². The van der Waals surface area contributed by atoms with Crippen molar-refractivity contribution in [1.82, 2.24) is 20.2 Å². The molecule has 2 aromatic carbocycles. The number of nitrogens with two attached hydrogens (primary N) is 1. The molecule has 1 unspecified atom stereocenters. The first kappa shape index (κ1) is 18.6. The summed E-state index contributed by atoms with van der Waals surface area (Å²) >= 11 is 6.25. The van der Waals surface area contributed by atoms with Gasteiger partial charge in [0.1, 0.15) is 0 Å². The van der Waals surface area contributed by atoms with Crippen LogP contribution in [0.2, 0.25) is 5.02 Å². The summed E-state index contributed by atoms with van der Waals surface area (Å²) in [6.45, 7) is 0.583. The Labute approximate surface area is 166 Å². The Bertz CT molecular complexity index is 960. The van der Waals surface area contributed by atoms with Gasteiger partial charge in [-0.25, -0.2) is 4.39 Å². The van der Waals surface area contributed by atoms with Gasteiger partial charge >= 0.3 is 0 Å². The molecule has 3 aromatic rings. The summed E-state index contributed by atoms with van der Waals surface area (Å²) in [5.41, 5.74) is 7.22. The fourth-order valence-electron chi connectivity index (χ4n) is 3.08. The van der Waals surface area contributed by atoms with E-state index >= 15 is 0 Å². The molecule has 2 N–H and O–H groups in total. The van der Waals surface area contributed by atoms with Crippen LogP contribution in [-0.4, -0.2) is 26.8 Å². The van der Waals surface area contributed by atoms with E-state index in [0.29, 0.717) is 18.0 Å². The molecule has 0 radical (unpaired) electrons. The molecule has 0 spiro atoms. The summed E-state index contributed by atoms with van der Waals surface area (Å²) in [4.78, 5) is 1.42. The predicted molar refractivity (Wildman–Crippen MR) is 102 cm³/mol. The molecule has 1 fully saturated rings. The standard InChI is InChI=1S/C19H19ClFN5O2/c20-14-10-13(12-6-2-1-3-7-12)18(22)17(21)19(14)28-11-15-23-25-26(24-15)16-8-4-5-9-27-16/h1-3,6-7,10,16H,4-5,8-9,11,22H2. The lowest BCUT2D eigenvalue weighted by atomic mass is 10.0. The van der Waals surface area contributed by atoms with Gasteiger partial charge in [0, 0.05) is 12.2 Å². The molecule has 0 bridgehead atoms. The Hall–Kier alpha value is -2.71. The lowest BCUT2D eigenvalue weighted by Crippen LogP contribution is -2.20. The van der Waals surface area contributed by atoms with E-state index in [1.54, 1.807) is 6.07 Å². The second kappa shape index (κ2) is 8.12. The minimum atomic E-state index is -0.714. The highest BCUT2D eigenvalue weighted by molar-refractivity contribution is 6.32. The normalized spacial score (nSPS) is 16.9. The van der Waals surface area contributed by atoms with Gasteiger partial charge in [-0.2, -0.15) is 0 Å². The average Bonchev–Trinajstić information content (AvgIpc) is 3.21. The second-order valence-electron chi connectivity index (χ2n) is 6.46. The van der Waals surface area contributed by atoms with E-state index in [1.165, 1.54) is 4.80 Å². The maximum absolute atomic E-state index is 14.8. The van der Waals surface area contributed by atoms with Crippen molar-refractivity contribution in [1.29, 1.82) is 0 Å². The molecule has 4 rings (SSSR count). The van der Waals surface area contributed by atoms with Gasteiger partial charge in [0.2, 0.25) is 5.82 Å². The fraction of sp³-hybridized carbons (Fsp3) is 0.316. The van der Waals surface area contributed by atoms with Crippen LogP contribution in [-0.2, 0) is 11.3 Å². The zero-order chi connectivity index (χ0) is 19.5. The van der Waals surface area contributed by atoms with Crippen molar-refractivity contribution in [3.8, 4) is 16.9 Å². The largest absolute Gasteiger partial charge is 0.481 e. The quantitative estimate of drug-likeness (QED) is 0.648. The van der Waals surface area contributed by atoms with E-state index in [4.69, 9.17) is 26.8 Å². The van der Waals surface area contributed by atoms with Crippen molar-refractivity contribution in [3.63, 3.8) is 0 Å². The van der Waals surface area contributed by atoms with Gasteiger partial charge in [-0.15, -0.1) is 15.0 Å². The third-order valence-corrected chi connectivity index (χ3v) is 4.81. The Morgan fingerprint density at radius 2 is 2.11 bits per heavy atom. The fourth-order valence-corrected chi connectivity index (χ4v) is 3.33. The Kier molecular flexibility index (Phi) is 5.40. The lowest BCUT2D eigenvalue weighted by molar-refractivity contribution is -0.0491. The van der Waals surface area contributed by atoms with Crippen LogP contribution in [0.4, 0.5) is 10.1 Å². The van der Waals surface area contributed by atoms with Crippen LogP contribution in [0.15, 0.2) is 36.4 Å². The summed E-state index contributed by atoms with van der Waals surface area (Å²) < 4.78 is 25.9. The Balaban J connectivity index is 1.51. The maximum Gasteiger partial charge on any atom is 0.212 e. The molecule has 1 aliphatic heterocycles. The third kappa shape index (κ3) is 3.79. The van der Waals surface area contributed by atoms with Crippen molar-refractivity contribution in [2.24, 2.45) is 0 Å². The smallest absolute Gasteiger partial charge is 0.212 e. The van der Waals surface area contributed by atoms with Crippen molar-refractivity contribution in [2.45, 2.75) is 32.1 Å². The number of aromatic nitrogens is 4. The zero-order valence-electron chi connectivity index (χ0n) is 15.0. The third-order valence-electron chi connectivity index (χ3n) is 4.53. The number of anilines is 1. The summed E-state index contributed by atoms with van der Waals surface area (Å²) in [5, 5.41) is 12.3. The van der Waals surface area contributed by atoms with E-state index in [1.807, 2.05) is 30.3 Å². The number of rotatable bonds is 5. The van der Waals surface area contributed by atoms with E-state index < -0.39 is 5.82 Å². The summed E-state index contributed by atoms with van der Waals surface area (Å²) in [7, 11) is 0. The van der Waals surface area contributed by atoms with Crippen molar-refractivity contribution in [3.05, 3.63) is 53.1 Å². The van der Waals surface area contributed by atoms with Crippen molar-refractivity contribution >= 4 is 17.3 Å². The lowest BCUT2D eigenvalue weighted by Gasteiger charge is -2.20. The molecule has 0 saturated carbocycles. The number of benzene rings is 2. The van der Waals surface area contributed by atoms with Crippen molar-refractivity contribution in [2.75, 3.05) is 12.3 Å². The maximum atomic E-state index is 14.8. The zero-order valence-corrected chi connectivity index (χ0v) is 15.8. The van der Waals surface area contributed by atoms with Crippen LogP contribution >= 0.6 is 11.6 Å². The molecule has 1 aliphatic rings.